The Labute approximate surface area is 156 Å². The minimum atomic E-state index is -3.93. The summed E-state index contributed by atoms with van der Waals surface area (Å²) in [5.41, 5.74) is 1.07. The van der Waals surface area contributed by atoms with E-state index in [9.17, 15) is 18.0 Å². The van der Waals surface area contributed by atoms with Crippen LogP contribution in [0.3, 0.4) is 0 Å². The summed E-state index contributed by atoms with van der Waals surface area (Å²) in [4.78, 5) is 22.8. The van der Waals surface area contributed by atoms with Crippen molar-refractivity contribution in [1.29, 1.82) is 0 Å². The van der Waals surface area contributed by atoms with Crippen LogP contribution in [0.2, 0.25) is 5.02 Å². The molecule has 1 N–H and O–H groups in total. The van der Waals surface area contributed by atoms with Gasteiger partial charge < -0.3 is 5.11 Å². The van der Waals surface area contributed by atoms with Gasteiger partial charge in [0.2, 0.25) is 10.0 Å². The summed E-state index contributed by atoms with van der Waals surface area (Å²) in [6.07, 6.45) is 2.98. The van der Waals surface area contributed by atoms with E-state index in [0.717, 1.165) is 9.87 Å². The molecule has 0 aromatic heterocycles. The zero-order valence-electron chi connectivity index (χ0n) is 13.8. The van der Waals surface area contributed by atoms with E-state index in [4.69, 9.17) is 16.7 Å². The first-order valence-corrected chi connectivity index (χ1v) is 9.28. The maximum atomic E-state index is 12.2. The second-order valence-corrected chi connectivity index (χ2v) is 7.91. The molecule has 2 aromatic carbocycles. The van der Waals surface area contributed by atoms with Gasteiger partial charge in [0, 0.05) is 17.6 Å². The van der Waals surface area contributed by atoms with Crippen molar-refractivity contribution in [2.75, 3.05) is 13.6 Å². The van der Waals surface area contributed by atoms with Crippen molar-refractivity contribution < 1.29 is 23.1 Å². The van der Waals surface area contributed by atoms with Crippen LogP contribution in [0.15, 0.2) is 59.5 Å². The lowest BCUT2D eigenvalue weighted by Crippen LogP contribution is -2.32. The highest BCUT2D eigenvalue weighted by atomic mass is 35.5. The number of carboxylic acid groups (broad SMARTS) is 1. The molecule has 0 aliphatic rings. The average molecular weight is 394 g/mol. The quantitative estimate of drug-likeness (QED) is 0.576. The Bertz CT molecular complexity index is 952. The molecule has 0 radical (unpaired) electrons. The number of rotatable bonds is 7. The summed E-state index contributed by atoms with van der Waals surface area (Å²) in [7, 11) is -2.75. The van der Waals surface area contributed by atoms with Crippen LogP contribution in [0.1, 0.15) is 15.9 Å². The number of carbonyl (C=O) groups excluding carboxylic acids is 1. The molecule has 0 saturated carbocycles. The maximum absolute atomic E-state index is 12.2. The van der Waals surface area contributed by atoms with Crippen molar-refractivity contribution >= 4 is 39.5 Å². The van der Waals surface area contributed by atoms with E-state index in [1.165, 1.54) is 37.4 Å². The van der Waals surface area contributed by atoms with Gasteiger partial charge in [0.1, 0.15) is 6.54 Å². The Hall–Kier alpha value is -2.48. The van der Waals surface area contributed by atoms with Gasteiger partial charge in [-0.25, -0.2) is 8.42 Å². The van der Waals surface area contributed by atoms with E-state index in [1.807, 2.05) is 0 Å². The van der Waals surface area contributed by atoms with Gasteiger partial charge in [0.15, 0.2) is 5.78 Å². The third kappa shape index (κ3) is 5.01. The van der Waals surface area contributed by atoms with Gasteiger partial charge in [-0.15, -0.1) is 0 Å². The van der Waals surface area contributed by atoms with Crippen LogP contribution in [-0.2, 0) is 14.8 Å². The molecule has 2 rings (SSSR count). The zero-order chi connectivity index (χ0) is 19.3. The topological polar surface area (TPSA) is 91.8 Å². The van der Waals surface area contributed by atoms with Crippen molar-refractivity contribution in [3.05, 3.63) is 70.8 Å². The molecule has 136 valence electrons. The van der Waals surface area contributed by atoms with Crippen LogP contribution in [0.5, 0.6) is 0 Å². The van der Waals surface area contributed by atoms with Crippen LogP contribution in [0.4, 0.5) is 0 Å². The standard InChI is InChI=1S/C18H16ClNO5S/c1-20(12-18(22)23)26(24,25)16-8-6-14(7-9-16)17(21)10-5-13-3-2-4-15(19)11-13/h2-11H,12H2,1H3,(H,22,23)/b10-5+. The number of hydrogen-bond acceptors (Lipinski definition) is 4. The molecule has 0 amide bonds. The number of likely N-dealkylation sites (N-methyl/N-ethyl adjacent to an activating group) is 1. The number of benzene rings is 2. The molecule has 2 aromatic rings. The summed E-state index contributed by atoms with van der Waals surface area (Å²) < 4.78 is 25.2. The average Bonchev–Trinajstić information content (AvgIpc) is 2.59. The Kier molecular flexibility index (Phi) is 6.31. The molecule has 26 heavy (non-hydrogen) atoms. The molecule has 0 saturated heterocycles. The second kappa shape index (κ2) is 8.27. The second-order valence-electron chi connectivity index (χ2n) is 5.43. The Morgan fingerprint density at radius 3 is 2.38 bits per heavy atom. The normalized spacial score (nSPS) is 11.8. The van der Waals surface area contributed by atoms with E-state index in [-0.39, 0.29) is 10.7 Å². The van der Waals surface area contributed by atoms with Crippen LogP contribution in [-0.4, -0.2) is 43.2 Å². The molecule has 6 nitrogen and oxygen atoms in total. The molecule has 0 atom stereocenters. The lowest BCUT2D eigenvalue weighted by molar-refractivity contribution is -0.137. The fourth-order valence-corrected chi connectivity index (χ4v) is 3.44. The molecule has 0 heterocycles. The van der Waals surface area contributed by atoms with Crippen LogP contribution in [0, 0.1) is 0 Å². The number of carbonyl (C=O) groups is 2. The number of aliphatic carboxylic acids is 1. The van der Waals surface area contributed by atoms with Gasteiger partial charge in [0.05, 0.1) is 4.90 Å². The van der Waals surface area contributed by atoms with E-state index < -0.39 is 22.5 Å². The zero-order valence-corrected chi connectivity index (χ0v) is 15.4. The SMILES string of the molecule is CN(CC(=O)O)S(=O)(=O)c1ccc(C(=O)/C=C/c2cccc(Cl)c2)cc1. The fourth-order valence-electron chi connectivity index (χ4n) is 2.12. The summed E-state index contributed by atoms with van der Waals surface area (Å²) in [6, 6.07) is 12.3. The highest BCUT2D eigenvalue weighted by molar-refractivity contribution is 7.89. The molecule has 0 bridgehead atoms. The first-order valence-electron chi connectivity index (χ1n) is 7.46. The van der Waals surface area contributed by atoms with Crippen molar-refractivity contribution in [1.82, 2.24) is 4.31 Å². The molecule has 0 aliphatic carbocycles. The van der Waals surface area contributed by atoms with Crippen LogP contribution in [0.25, 0.3) is 6.08 Å². The largest absolute Gasteiger partial charge is 0.480 e. The highest BCUT2D eigenvalue weighted by Gasteiger charge is 2.22. The Balaban J connectivity index is 2.16. The van der Waals surface area contributed by atoms with E-state index in [1.54, 1.807) is 30.3 Å². The fraction of sp³-hybridized carbons (Fsp3) is 0.111. The van der Waals surface area contributed by atoms with Crippen LogP contribution >= 0.6 is 11.6 Å². The van der Waals surface area contributed by atoms with E-state index >= 15 is 0 Å². The number of sulfonamides is 1. The van der Waals surface area contributed by atoms with Gasteiger partial charge in [-0.1, -0.05) is 29.8 Å². The first kappa shape index (κ1) is 19.8. The number of ketones is 1. The summed E-state index contributed by atoms with van der Waals surface area (Å²) >= 11 is 5.88. The Morgan fingerprint density at radius 2 is 1.81 bits per heavy atom. The molecule has 0 fully saturated rings. The molecule has 8 heteroatoms. The minimum absolute atomic E-state index is 0.0865. The molecule has 0 aliphatic heterocycles. The molecular weight excluding hydrogens is 378 g/mol. The number of halogens is 1. The van der Waals surface area contributed by atoms with E-state index in [2.05, 4.69) is 0 Å². The predicted octanol–water partition coefficient (Wildman–Crippen LogP) is 2.94. The van der Waals surface area contributed by atoms with Crippen molar-refractivity contribution in [3.63, 3.8) is 0 Å². The lowest BCUT2D eigenvalue weighted by atomic mass is 10.1. The predicted molar refractivity (Wildman–Crippen MR) is 98.7 cm³/mol. The van der Waals surface area contributed by atoms with Crippen molar-refractivity contribution in [2.45, 2.75) is 4.90 Å². The number of nitrogens with zero attached hydrogens (tertiary/aromatic N) is 1. The maximum Gasteiger partial charge on any atom is 0.318 e. The Morgan fingerprint density at radius 1 is 1.15 bits per heavy atom. The van der Waals surface area contributed by atoms with Gasteiger partial charge in [-0.3, -0.25) is 9.59 Å². The number of hydrogen-bond donors (Lipinski definition) is 1. The molecule has 0 spiro atoms. The molecule has 0 unspecified atom stereocenters. The number of carboxylic acids is 1. The van der Waals surface area contributed by atoms with Crippen LogP contribution < -0.4 is 0 Å². The van der Waals surface area contributed by atoms with Gasteiger partial charge in [0.25, 0.3) is 0 Å². The highest BCUT2D eigenvalue weighted by Crippen LogP contribution is 2.16. The third-order valence-electron chi connectivity index (χ3n) is 3.48. The minimum Gasteiger partial charge on any atom is -0.480 e. The summed E-state index contributed by atoms with van der Waals surface area (Å²) in [5, 5.41) is 9.27. The van der Waals surface area contributed by atoms with Gasteiger partial charge >= 0.3 is 5.97 Å². The smallest absolute Gasteiger partial charge is 0.318 e. The van der Waals surface area contributed by atoms with E-state index in [0.29, 0.717) is 10.6 Å². The number of allylic oxidation sites excluding steroid dienone is 1. The van der Waals surface area contributed by atoms with Gasteiger partial charge in [-0.05, 0) is 48.0 Å². The summed E-state index contributed by atoms with van der Waals surface area (Å²) in [5.74, 6) is -1.55. The summed E-state index contributed by atoms with van der Waals surface area (Å²) in [6.45, 7) is -0.647. The van der Waals surface area contributed by atoms with Crippen molar-refractivity contribution in [3.8, 4) is 0 Å². The monoisotopic (exact) mass is 393 g/mol. The van der Waals surface area contributed by atoms with Crippen molar-refractivity contribution in [2.24, 2.45) is 0 Å². The third-order valence-corrected chi connectivity index (χ3v) is 5.53. The van der Waals surface area contributed by atoms with Gasteiger partial charge in [-0.2, -0.15) is 4.31 Å². The lowest BCUT2D eigenvalue weighted by Gasteiger charge is -2.14. The molecular formula is C18H16ClNO5S. The first-order chi connectivity index (χ1) is 12.2.